The largest absolute Gasteiger partial charge is 0.294 e. The number of carbonyl (C=O) groups excluding carboxylic acids is 1. The van der Waals surface area contributed by atoms with Gasteiger partial charge in [0.15, 0.2) is 5.78 Å². The second-order valence-corrected chi connectivity index (χ2v) is 5.57. The van der Waals surface area contributed by atoms with Crippen LogP contribution in [0, 0.1) is 12.7 Å². The SMILES string of the molecule is Cc1cc(C(=O)Cc2ccc(Cl)c(F)c2)ccc1Br. The number of Topliss-reactive ketones (excluding diaryl/α,β-unsaturated/α-hetero) is 1. The quantitative estimate of drug-likeness (QED) is 0.720. The van der Waals surface area contributed by atoms with E-state index < -0.39 is 5.82 Å². The van der Waals surface area contributed by atoms with Gasteiger partial charge in [0.05, 0.1) is 5.02 Å². The van der Waals surface area contributed by atoms with Crippen molar-refractivity contribution < 1.29 is 9.18 Å². The monoisotopic (exact) mass is 340 g/mol. The lowest BCUT2D eigenvalue weighted by Crippen LogP contribution is -2.04. The number of ketones is 1. The van der Waals surface area contributed by atoms with Gasteiger partial charge in [-0.25, -0.2) is 4.39 Å². The lowest BCUT2D eigenvalue weighted by molar-refractivity contribution is 0.0993. The Labute approximate surface area is 124 Å². The van der Waals surface area contributed by atoms with Gasteiger partial charge in [-0.3, -0.25) is 4.79 Å². The van der Waals surface area contributed by atoms with Crippen LogP contribution >= 0.6 is 27.5 Å². The second-order valence-electron chi connectivity index (χ2n) is 4.31. The number of rotatable bonds is 3. The number of carbonyl (C=O) groups is 1. The summed E-state index contributed by atoms with van der Waals surface area (Å²) in [6.45, 7) is 1.92. The summed E-state index contributed by atoms with van der Waals surface area (Å²) in [5, 5.41) is 0.0654. The lowest BCUT2D eigenvalue weighted by Gasteiger charge is -2.05. The molecular weight excluding hydrogens is 331 g/mol. The molecule has 2 aromatic carbocycles. The Morgan fingerprint density at radius 2 is 2.00 bits per heavy atom. The van der Waals surface area contributed by atoms with E-state index in [1.807, 2.05) is 19.1 Å². The van der Waals surface area contributed by atoms with Crippen molar-refractivity contribution in [2.75, 3.05) is 0 Å². The maximum absolute atomic E-state index is 13.3. The van der Waals surface area contributed by atoms with Crippen LogP contribution < -0.4 is 0 Å². The van der Waals surface area contributed by atoms with Crippen LogP contribution in [0.3, 0.4) is 0 Å². The molecular formula is C15H11BrClFO. The maximum Gasteiger partial charge on any atom is 0.167 e. The molecule has 0 aliphatic carbocycles. The summed E-state index contributed by atoms with van der Waals surface area (Å²) in [6, 6.07) is 9.84. The molecule has 0 aromatic heterocycles. The molecule has 0 aliphatic heterocycles. The zero-order chi connectivity index (χ0) is 14.0. The molecule has 0 amide bonds. The molecule has 0 saturated carbocycles. The normalized spacial score (nSPS) is 10.5. The van der Waals surface area contributed by atoms with E-state index in [-0.39, 0.29) is 17.2 Å². The molecule has 0 heterocycles. The summed E-state index contributed by atoms with van der Waals surface area (Å²) in [5.41, 5.74) is 2.23. The van der Waals surface area contributed by atoms with Crippen molar-refractivity contribution in [1.29, 1.82) is 0 Å². The Kier molecular flexibility index (Phi) is 4.38. The van der Waals surface area contributed by atoms with E-state index in [2.05, 4.69) is 15.9 Å². The van der Waals surface area contributed by atoms with E-state index in [1.54, 1.807) is 12.1 Å². The summed E-state index contributed by atoms with van der Waals surface area (Å²) in [7, 11) is 0. The van der Waals surface area contributed by atoms with Gasteiger partial charge in [-0.15, -0.1) is 0 Å². The Hall–Kier alpha value is -1.19. The molecule has 0 unspecified atom stereocenters. The van der Waals surface area contributed by atoms with Crippen molar-refractivity contribution in [3.05, 3.63) is 68.4 Å². The molecule has 2 rings (SSSR count). The summed E-state index contributed by atoms with van der Waals surface area (Å²) in [6.07, 6.45) is 0.162. The minimum Gasteiger partial charge on any atom is -0.294 e. The minimum atomic E-state index is -0.501. The van der Waals surface area contributed by atoms with Crippen molar-refractivity contribution in [2.24, 2.45) is 0 Å². The van der Waals surface area contributed by atoms with Gasteiger partial charge in [-0.1, -0.05) is 39.7 Å². The number of hydrogen-bond donors (Lipinski definition) is 0. The number of halogens is 3. The molecule has 1 nitrogen and oxygen atoms in total. The first-order chi connectivity index (χ1) is 8.97. The van der Waals surface area contributed by atoms with Crippen LogP contribution in [-0.2, 0) is 6.42 Å². The second kappa shape index (κ2) is 5.85. The van der Waals surface area contributed by atoms with Gasteiger partial charge in [0.2, 0.25) is 0 Å². The molecule has 0 fully saturated rings. The van der Waals surface area contributed by atoms with Gasteiger partial charge in [-0.2, -0.15) is 0 Å². The highest BCUT2D eigenvalue weighted by molar-refractivity contribution is 9.10. The molecule has 0 atom stereocenters. The van der Waals surface area contributed by atoms with Crippen molar-refractivity contribution in [3.63, 3.8) is 0 Å². The highest BCUT2D eigenvalue weighted by Crippen LogP contribution is 2.20. The number of hydrogen-bond acceptors (Lipinski definition) is 1. The van der Waals surface area contributed by atoms with Crippen molar-refractivity contribution in [3.8, 4) is 0 Å². The fourth-order valence-corrected chi connectivity index (χ4v) is 2.12. The summed E-state index contributed by atoms with van der Waals surface area (Å²) < 4.78 is 14.3. The van der Waals surface area contributed by atoms with E-state index in [0.29, 0.717) is 11.1 Å². The molecule has 0 saturated heterocycles. The maximum atomic E-state index is 13.3. The van der Waals surface area contributed by atoms with Gasteiger partial charge in [0.1, 0.15) is 5.82 Å². The summed E-state index contributed by atoms with van der Waals surface area (Å²) >= 11 is 8.99. The van der Waals surface area contributed by atoms with Gasteiger partial charge in [0, 0.05) is 16.5 Å². The third kappa shape index (κ3) is 3.43. The van der Waals surface area contributed by atoms with Crippen LogP contribution in [-0.4, -0.2) is 5.78 Å². The molecule has 0 spiro atoms. The average molecular weight is 342 g/mol. The smallest absolute Gasteiger partial charge is 0.167 e. The fraction of sp³-hybridized carbons (Fsp3) is 0.133. The van der Waals surface area contributed by atoms with Crippen LogP contribution in [0.4, 0.5) is 4.39 Å². The molecule has 2 aromatic rings. The number of benzene rings is 2. The summed E-state index contributed by atoms with van der Waals surface area (Å²) in [4.78, 5) is 12.1. The van der Waals surface area contributed by atoms with Crippen LogP contribution in [0.2, 0.25) is 5.02 Å². The third-order valence-corrected chi connectivity index (χ3v) is 4.02. The van der Waals surface area contributed by atoms with Gasteiger partial charge in [-0.05, 0) is 42.3 Å². The zero-order valence-electron chi connectivity index (χ0n) is 10.2. The minimum absolute atomic E-state index is 0.0441. The fourth-order valence-electron chi connectivity index (χ4n) is 1.76. The molecule has 0 N–H and O–H groups in total. The van der Waals surface area contributed by atoms with Gasteiger partial charge in [0.25, 0.3) is 0 Å². The number of aryl methyl sites for hydroxylation is 1. The van der Waals surface area contributed by atoms with Crippen LogP contribution in [0.15, 0.2) is 40.9 Å². The summed E-state index contributed by atoms with van der Waals surface area (Å²) in [5.74, 6) is -0.545. The predicted molar refractivity (Wildman–Crippen MR) is 78.3 cm³/mol. The first-order valence-corrected chi connectivity index (χ1v) is 6.88. The highest BCUT2D eigenvalue weighted by atomic mass is 79.9. The third-order valence-electron chi connectivity index (χ3n) is 2.83. The molecule has 0 bridgehead atoms. The molecule has 4 heteroatoms. The van der Waals surface area contributed by atoms with Crippen LogP contribution in [0.1, 0.15) is 21.5 Å². The first kappa shape index (κ1) is 14.2. The van der Waals surface area contributed by atoms with Crippen LogP contribution in [0.25, 0.3) is 0 Å². The van der Waals surface area contributed by atoms with E-state index in [1.165, 1.54) is 12.1 Å². The predicted octanol–water partition coefficient (Wildman–Crippen LogP) is 4.98. The van der Waals surface area contributed by atoms with E-state index in [9.17, 15) is 9.18 Å². The van der Waals surface area contributed by atoms with Gasteiger partial charge < -0.3 is 0 Å². The van der Waals surface area contributed by atoms with Crippen LogP contribution in [0.5, 0.6) is 0 Å². The highest BCUT2D eigenvalue weighted by Gasteiger charge is 2.10. The van der Waals surface area contributed by atoms with E-state index >= 15 is 0 Å². The Morgan fingerprint density at radius 1 is 1.26 bits per heavy atom. The first-order valence-electron chi connectivity index (χ1n) is 5.70. The molecule has 19 heavy (non-hydrogen) atoms. The Morgan fingerprint density at radius 3 is 2.63 bits per heavy atom. The average Bonchev–Trinajstić information content (AvgIpc) is 2.37. The molecule has 98 valence electrons. The van der Waals surface area contributed by atoms with Crippen molar-refractivity contribution in [2.45, 2.75) is 13.3 Å². The van der Waals surface area contributed by atoms with Gasteiger partial charge >= 0.3 is 0 Å². The zero-order valence-corrected chi connectivity index (χ0v) is 12.6. The van der Waals surface area contributed by atoms with Crippen molar-refractivity contribution >= 4 is 33.3 Å². The van der Waals surface area contributed by atoms with E-state index in [0.717, 1.165) is 10.0 Å². The lowest BCUT2D eigenvalue weighted by atomic mass is 10.0. The van der Waals surface area contributed by atoms with Crippen molar-refractivity contribution in [1.82, 2.24) is 0 Å². The topological polar surface area (TPSA) is 17.1 Å². The standard InChI is InChI=1S/C15H11BrClFO/c1-9-6-11(3-4-12(9)16)15(19)8-10-2-5-13(17)14(18)7-10/h2-7H,8H2,1H3. The molecule has 0 aliphatic rings. The Balaban J connectivity index is 2.20. The molecule has 0 radical (unpaired) electrons. The Bertz CT molecular complexity index is 640. The van der Waals surface area contributed by atoms with E-state index in [4.69, 9.17) is 11.6 Å².